The predicted molar refractivity (Wildman–Crippen MR) is 97.7 cm³/mol. The summed E-state index contributed by atoms with van der Waals surface area (Å²) in [5.41, 5.74) is 4.63. The maximum Gasteiger partial charge on any atom is 0.143 e. The van der Waals surface area contributed by atoms with Crippen molar-refractivity contribution in [1.82, 2.24) is 14.5 Å². The molecule has 0 radical (unpaired) electrons. The van der Waals surface area contributed by atoms with E-state index in [0.29, 0.717) is 6.54 Å². The Morgan fingerprint density at radius 3 is 2.80 bits per heavy atom. The van der Waals surface area contributed by atoms with Gasteiger partial charge in [0.1, 0.15) is 5.75 Å². The number of fused-ring (bicyclic) bond motifs is 3. The fourth-order valence-electron chi connectivity index (χ4n) is 3.84. The summed E-state index contributed by atoms with van der Waals surface area (Å²) in [5, 5.41) is 12.0. The number of methoxy groups -OCH3 is 1. The first-order chi connectivity index (χ1) is 12.2. The van der Waals surface area contributed by atoms with Gasteiger partial charge in [-0.05, 0) is 36.4 Å². The summed E-state index contributed by atoms with van der Waals surface area (Å²) < 4.78 is 7.89. The number of likely N-dealkylation sites (N-methyl/N-ethyl adjacent to an activating group) is 1. The first kappa shape index (κ1) is 16.1. The topological polar surface area (TPSA) is 50.5 Å². The van der Waals surface area contributed by atoms with Crippen LogP contribution in [0.5, 0.6) is 5.75 Å². The van der Waals surface area contributed by atoms with Gasteiger partial charge in [0.2, 0.25) is 0 Å². The van der Waals surface area contributed by atoms with Crippen molar-refractivity contribution < 1.29 is 9.84 Å². The van der Waals surface area contributed by atoms with Crippen LogP contribution in [-0.2, 0) is 19.5 Å². The molecule has 1 aromatic carbocycles. The molecule has 5 heteroatoms. The summed E-state index contributed by atoms with van der Waals surface area (Å²) in [6, 6.07) is 9.93. The van der Waals surface area contributed by atoms with E-state index in [1.54, 1.807) is 19.5 Å². The van der Waals surface area contributed by atoms with Crippen LogP contribution in [0.3, 0.4) is 0 Å². The van der Waals surface area contributed by atoms with Crippen molar-refractivity contribution in [3.05, 3.63) is 59.5 Å². The van der Waals surface area contributed by atoms with E-state index in [1.807, 2.05) is 24.3 Å². The number of para-hydroxylation sites is 1. The monoisotopic (exact) mass is 337 g/mol. The number of hydrogen-bond donors (Lipinski definition) is 1. The van der Waals surface area contributed by atoms with Crippen LogP contribution in [0.2, 0.25) is 0 Å². The molecule has 5 nitrogen and oxygen atoms in total. The molecule has 1 unspecified atom stereocenters. The van der Waals surface area contributed by atoms with Crippen LogP contribution in [0.25, 0.3) is 10.9 Å². The number of benzene rings is 1. The van der Waals surface area contributed by atoms with E-state index in [2.05, 4.69) is 27.6 Å². The Labute approximate surface area is 147 Å². The van der Waals surface area contributed by atoms with Gasteiger partial charge in [0.15, 0.2) is 0 Å². The minimum absolute atomic E-state index is 0.514. The van der Waals surface area contributed by atoms with Crippen molar-refractivity contribution in [2.45, 2.75) is 25.6 Å². The molecule has 0 saturated carbocycles. The molecule has 4 rings (SSSR count). The summed E-state index contributed by atoms with van der Waals surface area (Å²) in [4.78, 5) is 6.38. The number of aliphatic hydroxyl groups excluding tert-OH is 1. The summed E-state index contributed by atoms with van der Waals surface area (Å²) in [5.74, 6) is 0.858. The zero-order chi connectivity index (χ0) is 17.4. The third-order valence-electron chi connectivity index (χ3n) is 5.09. The fourth-order valence-corrected chi connectivity index (χ4v) is 3.84. The molecule has 1 aliphatic heterocycles. The van der Waals surface area contributed by atoms with Crippen molar-refractivity contribution in [3.63, 3.8) is 0 Å². The average Bonchev–Trinajstić information content (AvgIpc) is 2.95. The molecule has 0 spiro atoms. The molecule has 0 fully saturated rings. The molecule has 0 bridgehead atoms. The Balaban J connectivity index is 1.85. The van der Waals surface area contributed by atoms with Gasteiger partial charge in [-0.3, -0.25) is 4.98 Å². The summed E-state index contributed by atoms with van der Waals surface area (Å²) in [6.45, 7) is 2.47. The molecule has 1 N–H and O–H groups in total. The number of nitrogens with zero attached hydrogens (tertiary/aromatic N) is 3. The van der Waals surface area contributed by atoms with Crippen molar-refractivity contribution in [2.75, 3.05) is 20.7 Å². The fraction of sp³-hybridized carbons (Fsp3) is 0.350. The standard InChI is InChI=1S/C20H23N3O2/c1-22-11-8-17-16(12-22)15-4-3-5-19(25-2)20(15)23(17)13-18(24)14-6-9-21-10-7-14/h3-7,9-10,18,24H,8,11-13H2,1-2H3. The first-order valence-electron chi connectivity index (χ1n) is 8.62. The summed E-state index contributed by atoms with van der Waals surface area (Å²) in [6.07, 6.45) is 3.84. The first-order valence-corrected chi connectivity index (χ1v) is 8.62. The van der Waals surface area contributed by atoms with Crippen molar-refractivity contribution >= 4 is 10.9 Å². The van der Waals surface area contributed by atoms with E-state index in [9.17, 15) is 5.11 Å². The van der Waals surface area contributed by atoms with Gasteiger partial charge < -0.3 is 19.3 Å². The van der Waals surface area contributed by atoms with Crippen LogP contribution in [0, 0.1) is 0 Å². The number of aliphatic hydroxyl groups is 1. The number of pyridine rings is 1. The van der Waals surface area contributed by atoms with E-state index in [4.69, 9.17) is 4.74 Å². The molecule has 2 aromatic heterocycles. The second kappa shape index (κ2) is 6.50. The lowest BCUT2D eigenvalue weighted by molar-refractivity contribution is 0.156. The van der Waals surface area contributed by atoms with E-state index in [0.717, 1.165) is 36.3 Å². The third kappa shape index (κ3) is 2.79. The van der Waals surface area contributed by atoms with Crippen LogP contribution >= 0.6 is 0 Å². The zero-order valence-corrected chi connectivity index (χ0v) is 14.6. The van der Waals surface area contributed by atoms with Gasteiger partial charge in [-0.2, -0.15) is 0 Å². The molecule has 0 amide bonds. The van der Waals surface area contributed by atoms with Gasteiger partial charge in [0.25, 0.3) is 0 Å². The molecule has 3 aromatic rings. The number of aromatic nitrogens is 2. The SMILES string of the molecule is COc1cccc2c3c(n(CC(O)c4ccncc4)c12)CCN(C)C3. The minimum atomic E-state index is -0.577. The molecular formula is C20H23N3O2. The van der Waals surface area contributed by atoms with Gasteiger partial charge in [-0.25, -0.2) is 0 Å². The average molecular weight is 337 g/mol. The maximum atomic E-state index is 10.8. The van der Waals surface area contributed by atoms with Crippen molar-refractivity contribution in [3.8, 4) is 5.75 Å². The minimum Gasteiger partial charge on any atom is -0.495 e. The van der Waals surface area contributed by atoms with E-state index >= 15 is 0 Å². The lowest BCUT2D eigenvalue weighted by Gasteiger charge is -2.25. The normalized spacial score (nSPS) is 16.0. The van der Waals surface area contributed by atoms with E-state index < -0.39 is 6.10 Å². The van der Waals surface area contributed by atoms with Crippen LogP contribution in [0.1, 0.15) is 22.9 Å². The highest BCUT2D eigenvalue weighted by Gasteiger charge is 2.25. The Morgan fingerprint density at radius 1 is 1.24 bits per heavy atom. The van der Waals surface area contributed by atoms with E-state index in [-0.39, 0.29) is 0 Å². The van der Waals surface area contributed by atoms with Crippen molar-refractivity contribution in [2.24, 2.45) is 0 Å². The zero-order valence-electron chi connectivity index (χ0n) is 14.6. The number of rotatable bonds is 4. The van der Waals surface area contributed by atoms with Crippen LogP contribution in [-0.4, -0.2) is 40.3 Å². The molecular weight excluding hydrogens is 314 g/mol. The highest BCUT2D eigenvalue weighted by molar-refractivity contribution is 5.90. The molecule has 3 heterocycles. The second-order valence-corrected chi connectivity index (χ2v) is 6.68. The third-order valence-corrected chi connectivity index (χ3v) is 5.09. The lowest BCUT2D eigenvalue weighted by atomic mass is 10.0. The molecule has 1 atom stereocenters. The number of ether oxygens (including phenoxy) is 1. The molecule has 0 saturated heterocycles. The molecule has 25 heavy (non-hydrogen) atoms. The smallest absolute Gasteiger partial charge is 0.143 e. The Morgan fingerprint density at radius 2 is 2.04 bits per heavy atom. The largest absolute Gasteiger partial charge is 0.495 e. The molecule has 130 valence electrons. The van der Waals surface area contributed by atoms with Crippen LogP contribution in [0.15, 0.2) is 42.7 Å². The van der Waals surface area contributed by atoms with Gasteiger partial charge in [-0.15, -0.1) is 0 Å². The quantitative estimate of drug-likeness (QED) is 0.795. The van der Waals surface area contributed by atoms with Crippen LogP contribution in [0.4, 0.5) is 0 Å². The maximum absolute atomic E-state index is 10.8. The molecule has 1 aliphatic rings. The Kier molecular flexibility index (Phi) is 4.19. The highest BCUT2D eigenvalue weighted by atomic mass is 16.5. The summed E-state index contributed by atoms with van der Waals surface area (Å²) in [7, 11) is 3.86. The number of hydrogen-bond acceptors (Lipinski definition) is 4. The van der Waals surface area contributed by atoms with Crippen molar-refractivity contribution in [1.29, 1.82) is 0 Å². The Hall–Kier alpha value is -2.37. The second-order valence-electron chi connectivity index (χ2n) is 6.68. The predicted octanol–water partition coefficient (Wildman–Crippen LogP) is 2.77. The van der Waals surface area contributed by atoms with Gasteiger partial charge in [0, 0.05) is 43.0 Å². The van der Waals surface area contributed by atoms with Crippen LogP contribution < -0.4 is 4.74 Å². The Bertz CT molecular complexity index is 889. The van der Waals surface area contributed by atoms with E-state index in [1.165, 1.54) is 16.6 Å². The van der Waals surface area contributed by atoms with Gasteiger partial charge in [-0.1, -0.05) is 12.1 Å². The summed E-state index contributed by atoms with van der Waals surface area (Å²) >= 11 is 0. The van der Waals surface area contributed by atoms with Gasteiger partial charge in [0.05, 0.1) is 25.3 Å². The lowest BCUT2D eigenvalue weighted by Crippen LogP contribution is -2.27. The molecule has 0 aliphatic carbocycles. The highest BCUT2D eigenvalue weighted by Crippen LogP contribution is 2.36. The van der Waals surface area contributed by atoms with Gasteiger partial charge >= 0.3 is 0 Å².